The molecule has 2 aromatic carbocycles. The second kappa shape index (κ2) is 9.14. The number of halogens is 1. The highest BCUT2D eigenvalue weighted by Crippen LogP contribution is 2.31. The number of terminal acetylenes is 1. The Morgan fingerprint density at radius 3 is 2.57 bits per heavy atom. The fourth-order valence-electron chi connectivity index (χ4n) is 3.66. The zero-order valence-electron chi connectivity index (χ0n) is 16.6. The Balaban J connectivity index is 1.87. The molecule has 0 unspecified atom stereocenters. The number of aromatic nitrogens is 1. The quantitative estimate of drug-likeness (QED) is 0.288. The molecule has 0 bridgehead atoms. The third-order valence-electron chi connectivity index (χ3n) is 4.91. The summed E-state index contributed by atoms with van der Waals surface area (Å²) >= 11 is 3.61. The summed E-state index contributed by atoms with van der Waals surface area (Å²) in [7, 11) is 1.66. The number of aryl methyl sites for hydroxylation is 1. The van der Waals surface area contributed by atoms with Gasteiger partial charge >= 0.3 is 0 Å². The summed E-state index contributed by atoms with van der Waals surface area (Å²) in [4.78, 5) is 0. The predicted molar refractivity (Wildman–Crippen MR) is 122 cm³/mol. The van der Waals surface area contributed by atoms with E-state index in [0.29, 0.717) is 6.54 Å². The van der Waals surface area contributed by atoms with E-state index in [9.17, 15) is 0 Å². The number of ether oxygens (including phenoxy) is 1. The number of allylic oxidation sites excluding steroid dienone is 2. The SMILES string of the molecule is C#C/C=C(CNCc1ccc2c(c1)c1cc(Br)ccc1n2CC)\C(=C/C)OC. The van der Waals surface area contributed by atoms with Gasteiger partial charge in [-0.15, -0.1) is 6.42 Å². The molecule has 0 aliphatic rings. The molecule has 0 fully saturated rings. The van der Waals surface area contributed by atoms with Crippen LogP contribution in [0.5, 0.6) is 0 Å². The van der Waals surface area contributed by atoms with Crippen LogP contribution in [0.2, 0.25) is 0 Å². The van der Waals surface area contributed by atoms with Crippen LogP contribution in [0.4, 0.5) is 0 Å². The largest absolute Gasteiger partial charge is 0.497 e. The highest BCUT2D eigenvalue weighted by molar-refractivity contribution is 9.10. The molecule has 0 spiro atoms. The van der Waals surface area contributed by atoms with E-state index in [4.69, 9.17) is 11.2 Å². The topological polar surface area (TPSA) is 26.2 Å². The molecule has 0 aliphatic heterocycles. The van der Waals surface area contributed by atoms with Crippen LogP contribution in [0.25, 0.3) is 21.8 Å². The second-order valence-electron chi connectivity index (χ2n) is 6.55. The van der Waals surface area contributed by atoms with Gasteiger partial charge < -0.3 is 14.6 Å². The average molecular weight is 437 g/mol. The molecular weight excluding hydrogens is 412 g/mol. The van der Waals surface area contributed by atoms with Crippen molar-refractivity contribution in [3.63, 3.8) is 0 Å². The molecule has 1 N–H and O–H groups in total. The smallest absolute Gasteiger partial charge is 0.119 e. The predicted octanol–water partition coefficient (Wildman–Crippen LogP) is 5.78. The number of benzene rings is 2. The van der Waals surface area contributed by atoms with Crippen LogP contribution in [0.3, 0.4) is 0 Å². The van der Waals surface area contributed by atoms with E-state index in [1.165, 1.54) is 27.4 Å². The Labute approximate surface area is 175 Å². The number of nitrogens with one attached hydrogen (secondary N) is 1. The van der Waals surface area contributed by atoms with Gasteiger partial charge in [-0.05, 0) is 61.9 Å². The molecule has 28 heavy (non-hydrogen) atoms. The molecular formula is C24H25BrN2O. The number of fused-ring (bicyclic) bond motifs is 3. The van der Waals surface area contributed by atoms with Crippen LogP contribution < -0.4 is 5.32 Å². The van der Waals surface area contributed by atoms with Gasteiger partial charge in [0.15, 0.2) is 0 Å². The third kappa shape index (κ3) is 4.01. The van der Waals surface area contributed by atoms with E-state index >= 15 is 0 Å². The normalized spacial score (nSPS) is 12.5. The molecule has 0 saturated carbocycles. The van der Waals surface area contributed by atoms with Crippen molar-refractivity contribution in [3.8, 4) is 12.3 Å². The van der Waals surface area contributed by atoms with Crippen molar-refractivity contribution in [1.82, 2.24) is 9.88 Å². The Morgan fingerprint density at radius 1 is 1.21 bits per heavy atom. The van der Waals surface area contributed by atoms with Gasteiger partial charge in [-0.3, -0.25) is 0 Å². The summed E-state index contributed by atoms with van der Waals surface area (Å²) < 4.78 is 8.86. The second-order valence-corrected chi connectivity index (χ2v) is 7.47. The van der Waals surface area contributed by atoms with E-state index in [1.54, 1.807) is 13.2 Å². The van der Waals surface area contributed by atoms with Gasteiger partial charge in [-0.1, -0.05) is 27.9 Å². The van der Waals surface area contributed by atoms with Crippen LogP contribution in [0.15, 0.2) is 64.4 Å². The molecule has 3 rings (SSSR count). The fraction of sp³-hybridized carbons (Fsp3) is 0.250. The lowest BCUT2D eigenvalue weighted by Crippen LogP contribution is -2.18. The first-order valence-corrected chi connectivity index (χ1v) is 10.2. The van der Waals surface area contributed by atoms with Gasteiger partial charge in [0, 0.05) is 51.5 Å². The van der Waals surface area contributed by atoms with Crippen molar-refractivity contribution < 1.29 is 4.74 Å². The lowest BCUT2D eigenvalue weighted by atomic mass is 10.1. The molecule has 0 amide bonds. The van der Waals surface area contributed by atoms with Crippen molar-refractivity contribution >= 4 is 37.7 Å². The van der Waals surface area contributed by atoms with Gasteiger partial charge in [0.05, 0.1) is 7.11 Å². The van der Waals surface area contributed by atoms with Gasteiger partial charge in [0.1, 0.15) is 5.76 Å². The number of nitrogens with zero attached hydrogens (tertiary/aromatic N) is 1. The minimum atomic E-state index is 0.651. The molecule has 144 valence electrons. The Hall–Kier alpha value is -2.48. The van der Waals surface area contributed by atoms with Gasteiger partial charge in [-0.2, -0.15) is 0 Å². The summed E-state index contributed by atoms with van der Waals surface area (Å²) in [5.74, 6) is 3.40. The molecule has 3 aromatic rings. The lowest BCUT2D eigenvalue weighted by molar-refractivity contribution is 0.298. The van der Waals surface area contributed by atoms with Crippen molar-refractivity contribution in [1.29, 1.82) is 0 Å². The first-order valence-electron chi connectivity index (χ1n) is 9.39. The van der Waals surface area contributed by atoms with E-state index in [-0.39, 0.29) is 0 Å². The summed E-state index contributed by atoms with van der Waals surface area (Å²) in [6.07, 6.45) is 9.14. The van der Waals surface area contributed by atoms with E-state index in [2.05, 4.69) is 75.1 Å². The lowest BCUT2D eigenvalue weighted by Gasteiger charge is -2.11. The van der Waals surface area contributed by atoms with Crippen LogP contribution in [-0.2, 0) is 17.8 Å². The van der Waals surface area contributed by atoms with Crippen molar-refractivity contribution in [2.24, 2.45) is 0 Å². The monoisotopic (exact) mass is 436 g/mol. The molecule has 1 heterocycles. The Morgan fingerprint density at radius 2 is 1.93 bits per heavy atom. The molecule has 0 atom stereocenters. The maximum atomic E-state index is 5.46. The molecule has 1 aromatic heterocycles. The standard InChI is InChI=1S/C24H25BrN2O/c1-5-8-18(24(6-2)28-4)16-26-15-17-9-11-22-20(13-17)21-14-19(25)10-12-23(21)27(22)7-3/h1,6,8-14,26H,7,15-16H2,2-4H3/b18-8-,24-6+. The molecule has 0 radical (unpaired) electrons. The van der Waals surface area contributed by atoms with Gasteiger partial charge in [0.25, 0.3) is 0 Å². The maximum Gasteiger partial charge on any atom is 0.119 e. The van der Waals surface area contributed by atoms with Gasteiger partial charge in [-0.25, -0.2) is 0 Å². The Kier molecular flexibility index (Phi) is 6.61. The molecule has 0 saturated heterocycles. The maximum absolute atomic E-state index is 5.46. The first-order chi connectivity index (χ1) is 13.6. The van der Waals surface area contributed by atoms with E-state index in [0.717, 1.165) is 28.9 Å². The van der Waals surface area contributed by atoms with Crippen molar-refractivity contribution in [2.45, 2.75) is 26.9 Å². The zero-order valence-corrected chi connectivity index (χ0v) is 18.1. The molecule has 4 heteroatoms. The summed E-state index contributed by atoms with van der Waals surface area (Å²) in [5.41, 5.74) is 4.74. The van der Waals surface area contributed by atoms with E-state index < -0.39 is 0 Å². The molecule has 3 nitrogen and oxygen atoms in total. The van der Waals surface area contributed by atoms with Crippen LogP contribution in [0.1, 0.15) is 19.4 Å². The van der Waals surface area contributed by atoms with E-state index in [1.807, 2.05) is 13.0 Å². The summed E-state index contributed by atoms with van der Waals surface area (Å²) in [6.45, 7) is 6.48. The van der Waals surface area contributed by atoms with Crippen LogP contribution in [-0.4, -0.2) is 18.2 Å². The highest BCUT2D eigenvalue weighted by atomic mass is 79.9. The molecule has 0 aliphatic carbocycles. The van der Waals surface area contributed by atoms with Gasteiger partial charge in [0.2, 0.25) is 0 Å². The zero-order chi connectivity index (χ0) is 20.1. The van der Waals surface area contributed by atoms with Crippen LogP contribution in [0, 0.1) is 12.3 Å². The third-order valence-corrected chi connectivity index (χ3v) is 5.40. The average Bonchev–Trinajstić information content (AvgIpc) is 3.01. The number of rotatable bonds is 7. The highest BCUT2D eigenvalue weighted by Gasteiger charge is 2.11. The fourth-order valence-corrected chi connectivity index (χ4v) is 4.02. The summed E-state index contributed by atoms with van der Waals surface area (Å²) in [6, 6.07) is 13.2. The number of methoxy groups -OCH3 is 1. The Bertz CT molecular complexity index is 1100. The van der Waals surface area contributed by atoms with Crippen LogP contribution >= 0.6 is 15.9 Å². The number of hydrogen-bond acceptors (Lipinski definition) is 2. The summed E-state index contributed by atoms with van der Waals surface area (Å²) in [5, 5.41) is 6.03. The number of hydrogen-bond donors (Lipinski definition) is 1. The minimum Gasteiger partial charge on any atom is -0.497 e. The van der Waals surface area contributed by atoms with Crippen molar-refractivity contribution in [3.05, 3.63) is 69.9 Å². The first kappa shape index (κ1) is 20.3. The van der Waals surface area contributed by atoms with Crippen molar-refractivity contribution in [2.75, 3.05) is 13.7 Å². The minimum absolute atomic E-state index is 0.651.